The lowest BCUT2D eigenvalue weighted by molar-refractivity contribution is -0.112. The van der Waals surface area contributed by atoms with E-state index in [0.717, 1.165) is 0 Å². The van der Waals surface area contributed by atoms with Crippen LogP contribution < -0.4 is 5.32 Å². The van der Waals surface area contributed by atoms with Crippen molar-refractivity contribution in [3.63, 3.8) is 0 Å². The summed E-state index contributed by atoms with van der Waals surface area (Å²) in [6.07, 6.45) is 1.37. The maximum absolute atomic E-state index is 10.5. The first-order chi connectivity index (χ1) is 5.74. The molecule has 0 spiro atoms. The van der Waals surface area contributed by atoms with Crippen molar-refractivity contribution in [2.45, 2.75) is 0 Å². The Bertz CT molecular complexity index is 342. The monoisotopic (exact) mass is 161 g/mol. The van der Waals surface area contributed by atoms with Crippen molar-refractivity contribution in [3.8, 4) is 6.07 Å². The average molecular weight is 161 g/mol. The molecule has 5 nitrogen and oxygen atoms in total. The fraction of sp³-hybridized carbons (Fsp3) is 0. The van der Waals surface area contributed by atoms with Gasteiger partial charge in [0.2, 0.25) is 5.91 Å². The number of rotatable bonds is 1. The largest absolute Gasteiger partial charge is 0.308 e. The first-order valence-corrected chi connectivity index (χ1v) is 3.09. The van der Waals surface area contributed by atoms with Crippen molar-refractivity contribution in [1.82, 2.24) is 10.2 Å². The van der Waals surface area contributed by atoms with E-state index >= 15 is 0 Å². The first-order valence-electron chi connectivity index (χ1n) is 3.09. The zero-order valence-corrected chi connectivity index (χ0v) is 6.11. The van der Waals surface area contributed by atoms with Crippen LogP contribution in [0.5, 0.6) is 0 Å². The minimum absolute atomic E-state index is 0.139. The van der Waals surface area contributed by atoms with Crippen LogP contribution in [0, 0.1) is 18.3 Å². The summed E-state index contributed by atoms with van der Waals surface area (Å²) in [5.74, 6) is -0.382. The molecule has 0 aliphatic heterocycles. The van der Waals surface area contributed by atoms with Gasteiger partial charge in [0.1, 0.15) is 6.07 Å². The summed E-state index contributed by atoms with van der Waals surface area (Å²) in [6.45, 7) is 3.08. The number of hydrogen-bond acceptors (Lipinski definition) is 4. The minimum Gasteiger partial charge on any atom is -0.308 e. The lowest BCUT2D eigenvalue weighted by Crippen LogP contribution is -2.09. The van der Waals surface area contributed by atoms with Gasteiger partial charge in [-0.3, -0.25) is 4.79 Å². The van der Waals surface area contributed by atoms with E-state index in [4.69, 9.17) is 5.26 Å². The Morgan fingerprint density at radius 2 is 2.50 bits per heavy atom. The molecule has 0 atom stereocenters. The van der Waals surface area contributed by atoms with Gasteiger partial charge in [0.25, 0.3) is 0 Å². The Morgan fingerprint density at radius 3 is 3.08 bits per heavy atom. The second-order valence-electron chi connectivity index (χ2n) is 1.95. The predicted octanol–water partition coefficient (Wildman–Crippen LogP) is 0.121. The van der Waals surface area contributed by atoms with Gasteiger partial charge in [-0.25, -0.2) is 0 Å². The number of hydrogen-bond donors (Lipinski definition) is 1. The third-order valence-electron chi connectivity index (χ3n) is 1.10. The minimum atomic E-state index is -0.521. The molecule has 0 saturated carbocycles. The Balaban J connectivity index is 2.99. The molecular weight excluding hydrogens is 156 g/mol. The topological polar surface area (TPSA) is 78.7 Å². The molecule has 1 N–H and O–H groups in total. The maximum Gasteiger partial charge on any atom is 0.226 e. The maximum atomic E-state index is 10.5. The van der Waals surface area contributed by atoms with Crippen molar-refractivity contribution in [2.75, 3.05) is 5.32 Å². The number of carbonyl (C=O) groups is 1. The lowest BCUT2D eigenvalue weighted by Gasteiger charge is -1.99. The van der Waals surface area contributed by atoms with Crippen LogP contribution in [0.4, 0.5) is 5.82 Å². The number of nitrogens with one attached hydrogen (secondary N) is 1. The molecule has 1 radical (unpaired) electrons. The van der Waals surface area contributed by atoms with E-state index in [1.165, 1.54) is 12.3 Å². The van der Waals surface area contributed by atoms with Crippen molar-refractivity contribution in [2.24, 2.45) is 0 Å². The zero-order valence-electron chi connectivity index (χ0n) is 6.11. The number of aromatic nitrogens is 2. The molecule has 1 amide bonds. The fourth-order valence-corrected chi connectivity index (χ4v) is 0.646. The van der Waals surface area contributed by atoms with Gasteiger partial charge in [0.05, 0.1) is 11.8 Å². The van der Waals surface area contributed by atoms with Gasteiger partial charge in [-0.1, -0.05) is 0 Å². The Kier molecular flexibility index (Phi) is 2.33. The second kappa shape index (κ2) is 3.44. The molecule has 12 heavy (non-hydrogen) atoms. The average Bonchev–Trinajstić information content (AvgIpc) is 2.04. The van der Waals surface area contributed by atoms with Crippen molar-refractivity contribution in [3.05, 3.63) is 24.8 Å². The van der Waals surface area contributed by atoms with Crippen LogP contribution in [0.3, 0.4) is 0 Å². The lowest BCUT2D eigenvalue weighted by atomic mass is 10.3. The highest BCUT2D eigenvalue weighted by Gasteiger charge is 2.03. The van der Waals surface area contributed by atoms with E-state index in [2.05, 4.69) is 22.4 Å². The van der Waals surface area contributed by atoms with E-state index in [9.17, 15) is 4.79 Å². The molecule has 1 heterocycles. The van der Waals surface area contributed by atoms with Crippen LogP contribution in [-0.2, 0) is 4.79 Å². The van der Waals surface area contributed by atoms with E-state index < -0.39 is 5.91 Å². The molecule has 0 saturated heterocycles. The fourth-order valence-electron chi connectivity index (χ4n) is 0.646. The summed E-state index contributed by atoms with van der Waals surface area (Å²) in [5, 5.41) is 17.9. The molecule has 0 unspecified atom stereocenters. The number of carbonyl (C=O) groups excluding carboxylic acids is 1. The summed E-state index contributed by atoms with van der Waals surface area (Å²) < 4.78 is 0. The Hall–Kier alpha value is -1.96. The summed E-state index contributed by atoms with van der Waals surface area (Å²) in [6, 6.07) is 3.31. The third kappa shape index (κ3) is 1.76. The van der Waals surface area contributed by atoms with Gasteiger partial charge in [0.15, 0.2) is 5.82 Å². The molecule has 0 aliphatic rings. The third-order valence-corrected chi connectivity index (χ3v) is 1.10. The smallest absolute Gasteiger partial charge is 0.226 e. The predicted molar refractivity (Wildman–Crippen MR) is 40.7 cm³/mol. The molecule has 0 aliphatic carbocycles. The van der Waals surface area contributed by atoms with Crippen LogP contribution in [0.1, 0.15) is 5.56 Å². The molecule has 0 aromatic carbocycles. The summed E-state index contributed by atoms with van der Waals surface area (Å²) in [7, 11) is 0. The zero-order chi connectivity index (χ0) is 8.97. The van der Waals surface area contributed by atoms with Gasteiger partial charge >= 0.3 is 0 Å². The molecule has 1 rings (SSSR count). The number of nitrogens with zero attached hydrogens (tertiary/aromatic N) is 3. The van der Waals surface area contributed by atoms with Crippen LogP contribution in [0.15, 0.2) is 12.3 Å². The number of anilines is 1. The normalized spacial score (nSPS) is 8.67. The quantitative estimate of drug-likeness (QED) is 0.634. The molecule has 0 fully saturated rings. The number of nitriles is 1. The summed E-state index contributed by atoms with van der Waals surface area (Å²) in [5.41, 5.74) is 0.266. The molecular formula is C7H5N4O. The second-order valence-corrected chi connectivity index (χ2v) is 1.95. The van der Waals surface area contributed by atoms with E-state index in [1.807, 2.05) is 6.07 Å². The highest BCUT2D eigenvalue weighted by Crippen LogP contribution is 2.06. The van der Waals surface area contributed by atoms with Gasteiger partial charge < -0.3 is 5.32 Å². The van der Waals surface area contributed by atoms with E-state index in [1.54, 1.807) is 0 Å². The highest BCUT2D eigenvalue weighted by atomic mass is 16.1. The van der Waals surface area contributed by atoms with E-state index in [-0.39, 0.29) is 11.4 Å². The van der Waals surface area contributed by atoms with Crippen LogP contribution in [-0.4, -0.2) is 16.1 Å². The Morgan fingerprint density at radius 1 is 1.75 bits per heavy atom. The first kappa shape index (κ1) is 8.14. The molecule has 1 aromatic heterocycles. The molecule has 5 heteroatoms. The molecule has 0 bridgehead atoms. The van der Waals surface area contributed by atoms with Crippen molar-refractivity contribution >= 4 is 11.7 Å². The van der Waals surface area contributed by atoms with Gasteiger partial charge in [-0.2, -0.15) is 10.4 Å². The summed E-state index contributed by atoms with van der Waals surface area (Å²) >= 11 is 0. The van der Waals surface area contributed by atoms with E-state index in [0.29, 0.717) is 0 Å². The standard InChI is InChI=1S/C7H5N4O/c1-5(12)10-7-6(4-8)2-3-9-11-7/h2-3H,1H2,(H,10,11,12). The SMILES string of the molecule is [CH2]C(=O)Nc1nnccc1C#N. The van der Waals surface area contributed by atoms with Gasteiger partial charge in [0, 0.05) is 6.92 Å². The van der Waals surface area contributed by atoms with Crippen LogP contribution in [0.2, 0.25) is 0 Å². The van der Waals surface area contributed by atoms with Crippen LogP contribution in [0.25, 0.3) is 0 Å². The number of amides is 1. The van der Waals surface area contributed by atoms with Crippen molar-refractivity contribution in [1.29, 1.82) is 5.26 Å². The van der Waals surface area contributed by atoms with Gasteiger partial charge in [-0.05, 0) is 6.07 Å². The van der Waals surface area contributed by atoms with Gasteiger partial charge in [-0.15, -0.1) is 5.10 Å². The highest BCUT2D eigenvalue weighted by molar-refractivity contribution is 5.93. The van der Waals surface area contributed by atoms with Crippen molar-refractivity contribution < 1.29 is 4.79 Å². The summed E-state index contributed by atoms with van der Waals surface area (Å²) in [4.78, 5) is 10.5. The molecule has 59 valence electrons. The van der Waals surface area contributed by atoms with Crippen LogP contribution >= 0.6 is 0 Å². The Labute approximate surface area is 69.0 Å². The molecule has 1 aromatic rings.